The molecule has 0 saturated heterocycles. The van der Waals surface area contributed by atoms with Gasteiger partial charge in [0, 0.05) is 0 Å². The van der Waals surface area contributed by atoms with E-state index in [0.29, 0.717) is 7.87 Å². The molecule has 0 atom stereocenters. The molecule has 0 aromatic rings. The monoisotopic (exact) mass is 400 g/mol. The predicted molar refractivity (Wildman–Crippen MR) is 80.7 cm³/mol. The molecule has 0 N–H and O–H groups in total. The maximum absolute atomic E-state index is 12.0. The van der Waals surface area contributed by atoms with Crippen LogP contribution in [0.1, 0.15) is 64.2 Å². The Balaban J connectivity index is 1.92. The van der Waals surface area contributed by atoms with Gasteiger partial charge in [0.2, 0.25) is 0 Å². The average Bonchev–Trinajstić information content (AvgIpc) is 2.69. The first-order chi connectivity index (χ1) is 10.2. The van der Waals surface area contributed by atoms with E-state index in [1.54, 1.807) is 0 Å². The molecule has 0 unspecified atom stereocenters. The van der Waals surface area contributed by atoms with Crippen molar-refractivity contribution >= 4 is 31.1 Å². The summed E-state index contributed by atoms with van der Waals surface area (Å²) in [6.07, 6.45) is 14.0. The summed E-state index contributed by atoms with van der Waals surface area (Å²) in [6.45, 7) is 0. The molecule has 116 valence electrons. The number of rotatable bonds is 2. The van der Waals surface area contributed by atoms with Crippen molar-refractivity contribution in [1.29, 1.82) is 0 Å². The molecule has 0 bridgehead atoms. The molecule has 2 aliphatic carbocycles. The molecule has 0 aromatic heterocycles. The Bertz CT molecular complexity index is 394. The van der Waals surface area contributed by atoms with E-state index in [4.69, 9.17) is 6.15 Å². The minimum absolute atomic E-state index is 0.340. The summed E-state index contributed by atoms with van der Waals surface area (Å²) in [5.41, 5.74) is 0. The number of carbonyl (C=O) groups is 2. The molecule has 21 heavy (non-hydrogen) atoms. The zero-order valence-electron chi connectivity index (χ0n) is 12.5. The Hall–Kier alpha value is -0.521. The van der Waals surface area contributed by atoms with Crippen LogP contribution in [0.2, 0.25) is 7.87 Å². The second kappa shape index (κ2) is 6.71. The van der Waals surface area contributed by atoms with Crippen molar-refractivity contribution in [1.82, 2.24) is 0 Å². The zero-order valence-corrected chi connectivity index (χ0v) is 15.4. The van der Waals surface area contributed by atoms with Crippen LogP contribution < -0.4 is 0 Å². The maximum atomic E-state index is 12.0. The molecule has 2 fully saturated rings. The van der Waals surface area contributed by atoms with E-state index < -0.39 is 19.2 Å². The molecular formula is C16H24O4Sn. The molecule has 0 amide bonds. The van der Waals surface area contributed by atoms with Crippen molar-refractivity contribution in [3.63, 3.8) is 0 Å². The van der Waals surface area contributed by atoms with E-state index in [1.807, 2.05) is 0 Å². The predicted octanol–water partition coefficient (Wildman–Crippen LogP) is 3.75. The van der Waals surface area contributed by atoms with Crippen LogP contribution in [-0.4, -0.2) is 31.1 Å². The van der Waals surface area contributed by atoms with Gasteiger partial charge in [-0.05, 0) is 0 Å². The van der Waals surface area contributed by atoms with Crippen LogP contribution in [0, 0.1) is 0 Å². The molecule has 3 aliphatic rings. The fourth-order valence-corrected chi connectivity index (χ4v) is 17.2. The van der Waals surface area contributed by atoms with Gasteiger partial charge in [0.05, 0.1) is 0 Å². The fraction of sp³-hybridized carbons (Fsp3) is 0.750. The van der Waals surface area contributed by atoms with Crippen LogP contribution in [0.3, 0.4) is 0 Å². The average molecular weight is 399 g/mol. The van der Waals surface area contributed by atoms with Gasteiger partial charge in [0.15, 0.2) is 0 Å². The van der Waals surface area contributed by atoms with Crippen molar-refractivity contribution < 1.29 is 15.7 Å². The quantitative estimate of drug-likeness (QED) is 0.664. The second-order valence-electron chi connectivity index (χ2n) is 6.57. The fourth-order valence-electron chi connectivity index (χ4n) is 4.22. The Morgan fingerprint density at radius 1 is 0.714 bits per heavy atom. The minimum atomic E-state index is -3.74. The van der Waals surface area contributed by atoms with E-state index in [1.165, 1.54) is 50.7 Å². The van der Waals surface area contributed by atoms with Crippen LogP contribution in [0.25, 0.3) is 0 Å². The molecule has 2 saturated carbocycles. The van der Waals surface area contributed by atoms with Gasteiger partial charge < -0.3 is 0 Å². The Morgan fingerprint density at radius 3 is 1.48 bits per heavy atom. The summed E-state index contributed by atoms with van der Waals surface area (Å²) in [5.74, 6) is -0.680. The summed E-state index contributed by atoms with van der Waals surface area (Å²) >= 11 is -3.74. The van der Waals surface area contributed by atoms with E-state index in [-0.39, 0.29) is 11.9 Å². The van der Waals surface area contributed by atoms with Gasteiger partial charge in [-0.2, -0.15) is 0 Å². The Morgan fingerprint density at radius 2 is 1.10 bits per heavy atom. The van der Waals surface area contributed by atoms with Crippen LogP contribution >= 0.6 is 0 Å². The van der Waals surface area contributed by atoms with E-state index in [0.717, 1.165) is 25.7 Å². The first-order valence-electron chi connectivity index (χ1n) is 8.35. The molecule has 3 rings (SSSR count). The van der Waals surface area contributed by atoms with Gasteiger partial charge >= 0.3 is 131 Å². The summed E-state index contributed by atoms with van der Waals surface area (Å²) in [6, 6.07) is 0. The second-order valence-corrected chi connectivity index (χ2v) is 16.5. The molecule has 1 heterocycles. The Kier molecular flexibility index (Phi) is 4.92. The van der Waals surface area contributed by atoms with E-state index >= 15 is 0 Å². The SMILES string of the molecule is O=C1C=CC(=O)[O][Sn]([CH]2CCCCC2)([CH]2CCCCC2)[O]1. The molecule has 0 spiro atoms. The van der Waals surface area contributed by atoms with Crippen LogP contribution in [0.5, 0.6) is 0 Å². The van der Waals surface area contributed by atoms with E-state index in [2.05, 4.69) is 0 Å². The van der Waals surface area contributed by atoms with Crippen molar-refractivity contribution in [2.24, 2.45) is 0 Å². The number of hydrogen-bond donors (Lipinski definition) is 0. The third-order valence-electron chi connectivity index (χ3n) is 5.22. The molecular weight excluding hydrogens is 375 g/mol. The van der Waals surface area contributed by atoms with Crippen LogP contribution in [0.15, 0.2) is 12.2 Å². The first-order valence-corrected chi connectivity index (χ1v) is 14.0. The van der Waals surface area contributed by atoms with Gasteiger partial charge in [-0.25, -0.2) is 0 Å². The molecule has 0 radical (unpaired) electrons. The van der Waals surface area contributed by atoms with Crippen molar-refractivity contribution in [2.45, 2.75) is 72.1 Å². The van der Waals surface area contributed by atoms with Crippen molar-refractivity contribution in [3.8, 4) is 0 Å². The van der Waals surface area contributed by atoms with Crippen LogP contribution in [-0.2, 0) is 15.7 Å². The zero-order chi connectivity index (χ0) is 14.7. The summed E-state index contributed by atoms with van der Waals surface area (Å²) in [5, 5.41) is 0. The Labute approximate surface area is 131 Å². The molecule has 5 heteroatoms. The van der Waals surface area contributed by atoms with Crippen molar-refractivity contribution in [2.75, 3.05) is 0 Å². The summed E-state index contributed by atoms with van der Waals surface area (Å²) in [7, 11) is 0. The number of carbonyl (C=O) groups excluding carboxylic acids is 2. The van der Waals surface area contributed by atoms with Gasteiger partial charge in [0.25, 0.3) is 0 Å². The van der Waals surface area contributed by atoms with Gasteiger partial charge in [-0.3, -0.25) is 0 Å². The normalized spacial score (nSPS) is 27.8. The standard InChI is InChI=1S/2C6H11.C4H4O4.Sn/c2*1-2-4-6-5-3-1;5-3(6)1-2-4(7)8;/h2*1H,2-6H2;1-2H,(H,5,6)(H,7,8);/q;;;+2/p-2. The first kappa shape index (κ1) is 15.4. The van der Waals surface area contributed by atoms with Gasteiger partial charge in [-0.15, -0.1) is 0 Å². The topological polar surface area (TPSA) is 52.6 Å². The molecule has 1 aliphatic heterocycles. The van der Waals surface area contributed by atoms with Crippen LogP contribution in [0.4, 0.5) is 0 Å². The molecule has 0 aromatic carbocycles. The number of hydrogen-bond acceptors (Lipinski definition) is 4. The third-order valence-corrected chi connectivity index (χ3v) is 18.0. The summed E-state index contributed by atoms with van der Waals surface area (Å²) < 4.78 is 12.7. The third kappa shape index (κ3) is 3.30. The van der Waals surface area contributed by atoms with Crippen molar-refractivity contribution in [3.05, 3.63) is 12.2 Å². The molecule has 4 nitrogen and oxygen atoms in total. The van der Waals surface area contributed by atoms with Gasteiger partial charge in [0.1, 0.15) is 0 Å². The van der Waals surface area contributed by atoms with E-state index in [9.17, 15) is 9.59 Å². The van der Waals surface area contributed by atoms with Gasteiger partial charge in [-0.1, -0.05) is 0 Å². The summed E-state index contributed by atoms with van der Waals surface area (Å²) in [4.78, 5) is 24.1.